The highest BCUT2D eigenvalue weighted by molar-refractivity contribution is 5.90. The molecule has 2 heterocycles. The zero-order valence-corrected chi connectivity index (χ0v) is 18.7. The van der Waals surface area contributed by atoms with Gasteiger partial charge in [-0.3, -0.25) is 14.3 Å². The first-order valence-electron chi connectivity index (χ1n) is 10.8. The highest BCUT2D eigenvalue weighted by Gasteiger charge is 2.46. The van der Waals surface area contributed by atoms with Gasteiger partial charge in [0, 0.05) is 17.7 Å². The Hall–Kier alpha value is -3.98. The summed E-state index contributed by atoms with van der Waals surface area (Å²) in [6, 6.07) is 16.9. The number of carbonyl (C=O) groups excluding carboxylic acids is 2. The van der Waals surface area contributed by atoms with Crippen molar-refractivity contribution in [3.05, 3.63) is 104 Å². The number of nitrogens with one attached hydrogen (secondary N) is 1. The Kier molecular flexibility index (Phi) is 6.74. The summed E-state index contributed by atoms with van der Waals surface area (Å²) in [5.41, 5.74) is -0.0902. The zero-order chi connectivity index (χ0) is 24.2. The number of aryl methyl sites for hydroxylation is 1. The maximum atomic E-state index is 12.8. The molecule has 2 aromatic carbocycles. The average molecular weight is 464 g/mol. The molecule has 1 saturated heterocycles. The molecule has 34 heavy (non-hydrogen) atoms. The molecule has 2 unspecified atom stereocenters. The van der Waals surface area contributed by atoms with Gasteiger partial charge in [-0.1, -0.05) is 43.3 Å². The molecule has 9 nitrogen and oxygen atoms in total. The topological polar surface area (TPSA) is 117 Å². The van der Waals surface area contributed by atoms with Gasteiger partial charge in [0.2, 0.25) is 0 Å². The van der Waals surface area contributed by atoms with Crippen LogP contribution in [0.25, 0.3) is 0 Å². The first kappa shape index (κ1) is 23.2. The van der Waals surface area contributed by atoms with Crippen molar-refractivity contribution in [2.75, 3.05) is 6.61 Å². The molecule has 1 aliphatic rings. The molecule has 3 aromatic rings. The van der Waals surface area contributed by atoms with Crippen LogP contribution in [0.4, 0.5) is 0 Å². The Morgan fingerprint density at radius 1 is 0.971 bits per heavy atom. The van der Waals surface area contributed by atoms with Crippen molar-refractivity contribution in [2.45, 2.75) is 32.3 Å². The van der Waals surface area contributed by atoms with Gasteiger partial charge < -0.3 is 14.2 Å². The van der Waals surface area contributed by atoms with Gasteiger partial charge >= 0.3 is 17.6 Å². The standard InChI is InChI=1S/C25H24N2O7/c1-15-13-27(25(31)26-21(15)28)22-16(2)20(34-24(30)18-11-7-4-8-12-18)19(33-22)14-32-23(29)17-9-5-3-6-10-17/h3-13,16,19-20,22H,14H2,1-2H3,(H,26,28,31)/t16?,19-,20-,22?/m1/s1. The largest absolute Gasteiger partial charge is 0.459 e. The Balaban J connectivity index is 1.59. The van der Waals surface area contributed by atoms with Crippen molar-refractivity contribution in [2.24, 2.45) is 5.92 Å². The van der Waals surface area contributed by atoms with E-state index in [9.17, 15) is 19.2 Å². The molecule has 1 aromatic heterocycles. The van der Waals surface area contributed by atoms with E-state index in [1.165, 1.54) is 10.8 Å². The van der Waals surface area contributed by atoms with E-state index < -0.39 is 47.5 Å². The maximum absolute atomic E-state index is 12.8. The maximum Gasteiger partial charge on any atom is 0.338 e. The molecule has 4 rings (SSSR count). The number of hydrogen-bond donors (Lipinski definition) is 1. The lowest BCUT2D eigenvalue weighted by Crippen LogP contribution is -2.36. The van der Waals surface area contributed by atoms with Crippen LogP contribution in [0.5, 0.6) is 0 Å². The van der Waals surface area contributed by atoms with Crippen molar-refractivity contribution in [1.29, 1.82) is 0 Å². The predicted octanol–water partition coefficient (Wildman–Crippen LogP) is 2.46. The molecule has 1 fully saturated rings. The van der Waals surface area contributed by atoms with E-state index in [0.29, 0.717) is 16.7 Å². The summed E-state index contributed by atoms with van der Waals surface area (Å²) < 4.78 is 18.5. The minimum atomic E-state index is -0.850. The van der Waals surface area contributed by atoms with Gasteiger partial charge in [0.25, 0.3) is 5.56 Å². The smallest absolute Gasteiger partial charge is 0.338 e. The molecule has 0 aliphatic carbocycles. The molecule has 0 saturated carbocycles. The van der Waals surface area contributed by atoms with Gasteiger partial charge in [0.1, 0.15) is 25.0 Å². The highest BCUT2D eigenvalue weighted by atomic mass is 16.6. The summed E-state index contributed by atoms with van der Waals surface area (Å²) in [5.74, 6) is -1.60. The molecule has 0 spiro atoms. The van der Waals surface area contributed by atoms with Crippen molar-refractivity contribution in [3.63, 3.8) is 0 Å². The molecule has 176 valence electrons. The van der Waals surface area contributed by atoms with Crippen LogP contribution in [0.1, 0.15) is 39.4 Å². The van der Waals surface area contributed by atoms with Crippen LogP contribution in [0.2, 0.25) is 0 Å². The van der Waals surface area contributed by atoms with Crippen LogP contribution >= 0.6 is 0 Å². The lowest BCUT2D eigenvalue weighted by Gasteiger charge is -2.21. The fraction of sp³-hybridized carbons (Fsp3) is 0.280. The molecule has 9 heteroatoms. The number of hydrogen-bond acceptors (Lipinski definition) is 7. The minimum Gasteiger partial charge on any atom is -0.459 e. The number of aromatic amines is 1. The van der Waals surface area contributed by atoms with Gasteiger partial charge in [-0.05, 0) is 31.2 Å². The normalized spacial score (nSPS) is 21.7. The second kappa shape index (κ2) is 9.88. The highest BCUT2D eigenvalue weighted by Crippen LogP contribution is 2.36. The molecule has 1 N–H and O–H groups in total. The van der Waals surface area contributed by atoms with Gasteiger partial charge in [0.15, 0.2) is 0 Å². The van der Waals surface area contributed by atoms with Gasteiger partial charge in [-0.25, -0.2) is 14.4 Å². The van der Waals surface area contributed by atoms with Crippen molar-refractivity contribution >= 4 is 11.9 Å². The minimum absolute atomic E-state index is 0.196. The fourth-order valence-electron chi connectivity index (χ4n) is 3.87. The number of benzene rings is 2. The summed E-state index contributed by atoms with van der Waals surface area (Å²) in [7, 11) is 0. The predicted molar refractivity (Wildman–Crippen MR) is 122 cm³/mol. The number of esters is 2. The summed E-state index contributed by atoms with van der Waals surface area (Å²) in [5, 5.41) is 0. The van der Waals surface area contributed by atoms with Crippen molar-refractivity contribution in [3.8, 4) is 0 Å². The molecule has 0 radical (unpaired) electrons. The van der Waals surface area contributed by atoms with Gasteiger partial charge in [-0.15, -0.1) is 0 Å². The molecule has 0 amide bonds. The lowest BCUT2D eigenvalue weighted by atomic mass is 10.0. The van der Waals surface area contributed by atoms with E-state index in [-0.39, 0.29) is 6.61 Å². The van der Waals surface area contributed by atoms with Gasteiger partial charge in [-0.2, -0.15) is 0 Å². The van der Waals surface area contributed by atoms with Crippen LogP contribution in [-0.2, 0) is 14.2 Å². The Morgan fingerprint density at radius 2 is 1.56 bits per heavy atom. The molecular weight excluding hydrogens is 440 g/mol. The first-order valence-corrected chi connectivity index (χ1v) is 10.8. The molecule has 4 atom stereocenters. The van der Waals surface area contributed by atoms with Crippen molar-refractivity contribution in [1.82, 2.24) is 9.55 Å². The molecule has 1 aliphatic heterocycles. The fourth-order valence-corrected chi connectivity index (χ4v) is 3.87. The SMILES string of the molecule is Cc1cn(C2O[C@H](COC(=O)c3ccccc3)[C@H](OC(=O)c3ccccc3)C2C)c(=O)[nH]c1=O. The molecule has 0 bridgehead atoms. The van der Waals surface area contributed by atoms with Crippen LogP contribution in [0.15, 0.2) is 76.4 Å². The van der Waals surface area contributed by atoms with E-state index in [4.69, 9.17) is 14.2 Å². The van der Waals surface area contributed by atoms with Crippen LogP contribution in [-0.4, -0.2) is 40.3 Å². The second-order valence-corrected chi connectivity index (χ2v) is 8.10. The van der Waals surface area contributed by atoms with E-state index in [0.717, 1.165) is 0 Å². The van der Waals surface area contributed by atoms with Crippen LogP contribution < -0.4 is 11.2 Å². The van der Waals surface area contributed by atoms with E-state index >= 15 is 0 Å². The number of H-pyrrole nitrogens is 1. The van der Waals surface area contributed by atoms with Crippen LogP contribution in [0, 0.1) is 12.8 Å². The number of nitrogens with zero attached hydrogens (tertiary/aromatic N) is 1. The quantitative estimate of drug-likeness (QED) is 0.557. The summed E-state index contributed by atoms with van der Waals surface area (Å²) in [4.78, 5) is 51.7. The van der Waals surface area contributed by atoms with E-state index in [1.54, 1.807) is 74.5 Å². The Bertz CT molecular complexity index is 1280. The third-order valence-corrected chi connectivity index (χ3v) is 5.71. The Labute approximate surface area is 194 Å². The number of rotatable bonds is 6. The average Bonchev–Trinajstić information content (AvgIpc) is 3.15. The third kappa shape index (κ3) is 4.84. The van der Waals surface area contributed by atoms with E-state index in [1.807, 2.05) is 0 Å². The van der Waals surface area contributed by atoms with Crippen molar-refractivity contribution < 1.29 is 23.8 Å². The second-order valence-electron chi connectivity index (χ2n) is 8.10. The van der Waals surface area contributed by atoms with E-state index in [2.05, 4.69) is 4.98 Å². The first-order chi connectivity index (χ1) is 16.3. The third-order valence-electron chi connectivity index (χ3n) is 5.71. The molecular formula is C25H24N2O7. The Morgan fingerprint density at radius 3 is 2.18 bits per heavy atom. The van der Waals surface area contributed by atoms with Gasteiger partial charge in [0.05, 0.1) is 11.1 Å². The zero-order valence-electron chi connectivity index (χ0n) is 18.7. The lowest BCUT2D eigenvalue weighted by molar-refractivity contribution is -0.0588. The number of carbonyl (C=O) groups is 2. The number of ether oxygens (including phenoxy) is 3. The number of aromatic nitrogens is 2. The summed E-state index contributed by atoms with van der Waals surface area (Å²) in [6.45, 7) is 3.14. The monoisotopic (exact) mass is 464 g/mol. The summed E-state index contributed by atoms with van der Waals surface area (Å²) >= 11 is 0. The van der Waals surface area contributed by atoms with Crippen LogP contribution in [0.3, 0.4) is 0 Å². The summed E-state index contributed by atoms with van der Waals surface area (Å²) in [6.07, 6.45) is -1.10.